The third-order valence-corrected chi connectivity index (χ3v) is 6.92. The van der Waals surface area contributed by atoms with E-state index in [-0.39, 0.29) is 22.3 Å². The summed E-state index contributed by atoms with van der Waals surface area (Å²) in [4.78, 5) is 24.7. The van der Waals surface area contributed by atoms with Gasteiger partial charge in [-0.3, -0.25) is 18.9 Å². The summed E-state index contributed by atoms with van der Waals surface area (Å²) in [5, 5.41) is 10.1. The zero-order valence-electron chi connectivity index (χ0n) is 20.6. The van der Waals surface area contributed by atoms with E-state index in [1.54, 1.807) is 0 Å². The molecule has 1 aliphatic heterocycles. The van der Waals surface area contributed by atoms with Crippen LogP contribution in [0.25, 0.3) is 0 Å². The third kappa shape index (κ3) is 5.70. The number of aliphatic hydroxyl groups excluding tert-OH is 1. The number of rotatable bonds is 10. The maximum Gasteiger partial charge on any atom is 0.587 e. The van der Waals surface area contributed by atoms with Crippen molar-refractivity contribution in [3.05, 3.63) is 81.4 Å². The minimum absolute atomic E-state index is 0.0257. The number of ether oxygens (including phenoxy) is 3. The van der Waals surface area contributed by atoms with Gasteiger partial charge in [-0.05, 0) is 48.5 Å². The van der Waals surface area contributed by atoms with Gasteiger partial charge in [0, 0.05) is 0 Å². The van der Waals surface area contributed by atoms with Gasteiger partial charge >= 0.3 is 25.3 Å². The lowest BCUT2D eigenvalue weighted by molar-refractivity contribution is -0.258. The first-order valence-electron chi connectivity index (χ1n) is 11.2. The standard InChI is InChI=1S/C23H21F4N2O10P/c1-34-13-3-7-15(8-4-13)38-40(33,39-16-9-5-14(35-2)6-10-16)36-12-22(25)23(26,27)18(30)20(37-22)29-11-17(24)19(31)28-21(29)32/h3-11,18,20,30H,12H2,1-2H3,(H,28,31,32)/t18-,20-,22-/m1/s1. The fourth-order valence-corrected chi connectivity index (χ4v) is 4.71. The third-order valence-electron chi connectivity index (χ3n) is 5.61. The molecule has 1 saturated heterocycles. The molecule has 3 aromatic rings. The molecule has 0 bridgehead atoms. The highest BCUT2D eigenvalue weighted by atomic mass is 31.2. The highest BCUT2D eigenvalue weighted by Gasteiger charge is 2.71. The average molecular weight is 592 g/mol. The monoisotopic (exact) mass is 592 g/mol. The van der Waals surface area contributed by atoms with Crippen LogP contribution in [0.1, 0.15) is 6.23 Å². The number of alkyl halides is 3. The lowest BCUT2D eigenvalue weighted by atomic mass is 10.1. The molecule has 1 fully saturated rings. The SMILES string of the molecule is COc1ccc(OP(=O)(OC[C@@]2(F)O[C@@H](n3cc(F)c(=O)[nH]c3=O)[C@@H](O)C2(F)F)Oc2ccc(OC)cc2)cc1. The van der Waals surface area contributed by atoms with Crippen LogP contribution >= 0.6 is 7.82 Å². The van der Waals surface area contributed by atoms with Crippen molar-refractivity contribution in [1.29, 1.82) is 0 Å². The number of aliphatic hydroxyl groups is 1. The maximum atomic E-state index is 15.6. The van der Waals surface area contributed by atoms with Crippen LogP contribution in [0.15, 0.2) is 64.3 Å². The number of nitrogens with one attached hydrogen (secondary N) is 1. The second-order valence-corrected chi connectivity index (χ2v) is 9.72. The molecule has 2 heterocycles. The van der Waals surface area contributed by atoms with Crippen molar-refractivity contribution < 1.29 is 55.0 Å². The number of hydrogen-bond donors (Lipinski definition) is 2. The maximum absolute atomic E-state index is 15.6. The minimum Gasteiger partial charge on any atom is -0.497 e. The summed E-state index contributed by atoms with van der Waals surface area (Å²) in [6, 6.07) is 10.7. The molecule has 4 rings (SSSR count). The van der Waals surface area contributed by atoms with E-state index in [4.69, 9.17) is 23.0 Å². The number of phosphoric acid groups is 1. The molecule has 12 nitrogen and oxygen atoms in total. The normalized spacial score (nSPS) is 22.1. The molecular weight excluding hydrogens is 571 g/mol. The molecule has 40 heavy (non-hydrogen) atoms. The summed E-state index contributed by atoms with van der Waals surface area (Å²) in [7, 11) is -2.22. The number of benzene rings is 2. The number of methoxy groups -OCH3 is 2. The highest BCUT2D eigenvalue weighted by Crippen LogP contribution is 2.54. The van der Waals surface area contributed by atoms with Gasteiger partial charge in [0.1, 0.15) is 29.6 Å². The first kappa shape index (κ1) is 29.1. The molecule has 0 aliphatic carbocycles. The molecule has 17 heteroatoms. The number of phosphoric ester groups is 1. The van der Waals surface area contributed by atoms with Crippen LogP contribution in [-0.2, 0) is 13.8 Å². The second-order valence-electron chi connectivity index (χ2n) is 8.20. The van der Waals surface area contributed by atoms with Crippen LogP contribution in [0.2, 0.25) is 0 Å². The first-order valence-corrected chi connectivity index (χ1v) is 12.6. The summed E-state index contributed by atoms with van der Waals surface area (Å²) in [5.41, 5.74) is -2.96. The van der Waals surface area contributed by atoms with Gasteiger partial charge in [-0.15, -0.1) is 0 Å². The van der Waals surface area contributed by atoms with E-state index in [0.29, 0.717) is 11.5 Å². The van der Waals surface area contributed by atoms with E-state index in [9.17, 15) is 32.4 Å². The Morgan fingerprint density at radius 1 is 0.950 bits per heavy atom. The minimum atomic E-state index is -4.99. The summed E-state index contributed by atoms with van der Waals surface area (Å²) in [6.07, 6.45) is -5.44. The van der Waals surface area contributed by atoms with Crippen molar-refractivity contribution in [2.24, 2.45) is 0 Å². The van der Waals surface area contributed by atoms with E-state index in [1.165, 1.54) is 67.7 Å². The molecule has 0 saturated carbocycles. The van der Waals surface area contributed by atoms with Crippen molar-refractivity contribution in [2.75, 3.05) is 20.8 Å². The molecule has 0 spiro atoms. The van der Waals surface area contributed by atoms with Crippen LogP contribution in [0.4, 0.5) is 17.6 Å². The molecule has 3 atom stereocenters. The largest absolute Gasteiger partial charge is 0.587 e. The number of aromatic nitrogens is 2. The number of nitrogens with zero attached hydrogens (tertiary/aromatic N) is 1. The van der Waals surface area contributed by atoms with E-state index >= 15 is 4.39 Å². The fourth-order valence-electron chi connectivity index (χ4n) is 3.49. The molecule has 0 unspecified atom stereocenters. The number of aromatic amines is 1. The molecule has 2 aromatic carbocycles. The summed E-state index contributed by atoms with van der Waals surface area (Å²) >= 11 is 0. The van der Waals surface area contributed by atoms with Crippen molar-refractivity contribution in [3.8, 4) is 23.0 Å². The Balaban J connectivity index is 1.62. The molecule has 216 valence electrons. The number of hydrogen-bond acceptors (Lipinski definition) is 10. The van der Waals surface area contributed by atoms with Gasteiger partial charge < -0.3 is 28.4 Å². The predicted octanol–water partition coefficient (Wildman–Crippen LogP) is 3.17. The van der Waals surface area contributed by atoms with Crippen LogP contribution in [0.5, 0.6) is 23.0 Å². The Kier molecular flexibility index (Phi) is 7.99. The van der Waals surface area contributed by atoms with E-state index in [2.05, 4.69) is 4.74 Å². The van der Waals surface area contributed by atoms with Crippen molar-refractivity contribution in [1.82, 2.24) is 9.55 Å². The second kappa shape index (κ2) is 11.0. The summed E-state index contributed by atoms with van der Waals surface area (Å²) in [5.74, 6) is -10.2. The van der Waals surface area contributed by atoms with Crippen molar-refractivity contribution in [3.63, 3.8) is 0 Å². The zero-order chi connectivity index (χ0) is 29.3. The van der Waals surface area contributed by atoms with E-state index < -0.39 is 55.6 Å². The van der Waals surface area contributed by atoms with Gasteiger partial charge in [0.25, 0.3) is 5.56 Å². The number of halogens is 4. The molecule has 2 N–H and O–H groups in total. The summed E-state index contributed by atoms with van der Waals surface area (Å²) in [6.45, 7) is -1.86. The van der Waals surface area contributed by atoms with Gasteiger partial charge in [-0.1, -0.05) is 0 Å². The predicted molar refractivity (Wildman–Crippen MR) is 127 cm³/mol. The van der Waals surface area contributed by atoms with Gasteiger partial charge in [0.05, 0.1) is 20.4 Å². The molecular formula is C23H21F4N2O10P. The molecule has 1 aromatic heterocycles. The number of H-pyrrole nitrogens is 1. The summed E-state index contributed by atoms with van der Waals surface area (Å²) < 4.78 is 103. The van der Waals surface area contributed by atoms with Crippen LogP contribution in [0, 0.1) is 5.82 Å². The van der Waals surface area contributed by atoms with Crippen LogP contribution in [0.3, 0.4) is 0 Å². The van der Waals surface area contributed by atoms with Crippen LogP contribution in [-0.4, -0.2) is 53.4 Å². The first-order chi connectivity index (χ1) is 18.8. The van der Waals surface area contributed by atoms with E-state index in [0.717, 1.165) is 0 Å². The quantitative estimate of drug-likeness (QED) is 0.266. The Morgan fingerprint density at radius 3 is 1.90 bits per heavy atom. The topological polar surface area (TPSA) is 148 Å². The van der Waals surface area contributed by atoms with Gasteiger partial charge in [0.2, 0.25) is 5.82 Å². The Labute approximate surface area is 222 Å². The molecule has 0 radical (unpaired) electrons. The zero-order valence-corrected chi connectivity index (χ0v) is 21.5. The fraction of sp³-hybridized carbons (Fsp3) is 0.304. The van der Waals surface area contributed by atoms with Gasteiger partial charge in [0.15, 0.2) is 12.3 Å². The Bertz CT molecular complexity index is 1460. The van der Waals surface area contributed by atoms with Gasteiger partial charge in [-0.2, -0.15) is 13.2 Å². The van der Waals surface area contributed by atoms with Crippen molar-refractivity contribution >= 4 is 7.82 Å². The Hall–Kier alpha value is -3.85. The highest BCUT2D eigenvalue weighted by molar-refractivity contribution is 7.49. The van der Waals surface area contributed by atoms with Crippen LogP contribution < -0.4 is 29.8 Å². The molecule has 0 amide bonds. The smallest absolute Gasteiger partial charge is 0.497 e. The average Bonchev–Trinajstić information content (AvgIpc) is 3.10. The van der Waals surface area contributed by atoms with E-state index in [1.807, 2.05) is 0 Å². The van der Waals surface area contributed by atoms with Gasteiger partial charge in [-0.25, -0.2) is 13.8 Å². The lowest BCUT2D eigenvalue weighted by Crippen LogP contribution is -2.49. The Morgan fingerprint density at radius 2 is 1.43 bits per heavy atom. The van der Waals surface area contributed by atoms with Crippen molar-refractivity contribution in [2.45, 2.75) is 24.1 Å². The molecule has 1 aliphatic rings. The lowest BCUT2D eigenvalue weighted by Gasteiger charge is -2.27.